The first kappa shape index (κ1) is 20.6. The van der Waals surface area contributed by atoms with E-state index in [0.717, 1.165) is 25.1 Å². The number of nitrogens with zero attached hydrogens (tertiary/aromatic N) is 5. The number of hydrogen-bond acceptors (Lipinski definition) is 5. The fraction of sp³-hybridized carbons (Fsp3) is 0.714. The van der Waals surface area contributed by atoms with Crippen LogP contribution in [0, 0.1) is 0 Å². The van der Waals surface area contributed by atoms with Crippen molar-refractivity contribution in [3.05, 3.63) is 29.2 Å². The Bertz CT molecular complexity index is 828. The normalized spacial score (nSPS) is 18.3. The van der Waals surface area contributed by atoms with Gasteiger partial charge in [0.15, 0.2) is 11.5 Å². The van der Waals surface area contributed by atoms with Crippen LogP contribution >= 0.6 is 0 Å². The number of carbonyl (C=O) groups excluding carboxylic acids is 1. The zero-order valence-corrected chi connectivity index (χ0v) is 18.2. The molecule has 7 nitrogen and oxygen atoms in total. The predicted octanol–water partition coefficient (Wildman–Crippen LogP) is 4.29. The van der Waals surface area contributed by atoms with Crippen LogP contribution in [0.15, 0.2) is 10.6 Å². The zero-order chi connectivity index (χ0) is 20.6. The number of aromatic nitrogens is 4. The van der Waals surface area contributed by atoms with Crippen LogP contribution in [0.2, 0.25) is 0 Å². The number of carbonyl (C=O) groups is 1. The third-order valence-corrected chi connectivity index (χ3v) is 5.21. The van der Waals surface area contributed by atoms with Crippen LogP contribution in [0.3, 0.4) is 0 Å². The number of hydrogen-bond donors (Lipinski definition) is 0. The van der Waals surface area contributed by atoms with Crippen LogP contribution in [-0.4, -0.2) is 43.8 Å². The molecule has 0 N–H and O–H groups in total. The van der Waals surface area contributed by atoms with Crippen LogP contribution in [-0.2, 0) is 5.54 Å². The van der Waals surface area contributed by atoms with E-state index in [2.05, 4.69) is 49.9 Å². The van der Waals surface area contributed by atoms with Crippen LogP contribution in [0.1, 0.15) is 107 Å². The Morgan fingerprint density at radius 3 is 2.46 bits per heavy atom. The highest BCUT2D eigenvalue weighted by molar-refractivity contribution is 5.92. The van der Waals surface area contributed by atoms with Gasteiger partial charge in [-0.3, -0.25) is 9.48 Å². The van der Waals surface area contributed by atoms with Crippen LogP contribution in [0.4, 0.5) is 0 Å². The third-order valence-electron chi connectivity index (χ3n) is 5.21. The summed E-state index contributed by atoms with van der Waals surface area (Å²) in [6.07, 6.45) is 1.90. The van der Waals surface area contributed by atoms with E-state index in [1.54, 1.807) is 0 Å². The maximum atomic E-state index is 13.2. The molecule has 2 aromatic heterocycles. The monoisotopic (exact) mass is 387 g/mol. The second-order valence-corrected chi connectivity index (χ2v) is 9.43. The molecule has 1 aliphatic rings. The van der Waals surface area contributed by atoms with E-state index in [-0.39, 0.29) is 23.3 Å². The Labute approximate surface area is 167 Å². The predicted molar refractivity (Wildman–Crippen MR) is 108 cm³/mol. The van der Waals surface area contributed by atoms with Crippen molar-refractivity contribution >= 4 is 5.91 Å². The third kappa shape index (κ3) is 4.13. The largest absolute Gasteiger partial charge is 0.339 e. The first-order valence-corrected chi connectivity index (χ1v) is 10.3. The molecule has 2 aromatic rings. The van der Waals surface area contributed by atoms with Crippen molar-refractivity contribution in [3.63, 3.8) is 0 Å². The molecular weight excluding hydrogens is 354 g/mol. The van der Waals surface area contributed by atoms with Crippen molar-refractivity contribution in [2.45, 2.75) is 84.6 Å². The molecule has 1 fully saturated rings. The SMILES string of the molecule is CC(C)c1nc(C2CCCN(C(=O)c3cc(C(C)C)n(C(C)(C)C)n3)C2)no1. The summed E-state index contributed by atoms with van der Waals surface area (Å²) in [5.41, 5.74) is 1.44. The van der Waals surface area contributed by atoms with Crippen molar-refractivity contribution in [2.75, 3.05) is 13.1 Å². The van der Waals surface area contributed by atoms with E-state index in [0.29, 0.717) is 29.9 Å². The molecule has 0 spiro atoms. The molecule has 0 bridgehead atoms. The number of piperidine rings is 1. The number of likely N-dealkylation sites (tertiary alicyclic amines) is 1. The van der Waals surface area contributed by atoms with E-state index in [4.69, 9.17) is 4.52 Å². The highest BCUT2D eigenvalue weighted by Crippen LogP contribution is 2.28. The lowest BCUT2D eigenvalue weighted by Crippen LogP contribution is -2.39. The Kier molecular flexibility index (Phi) is 5.64. The first-order valence-electron chi connectivity index (χ1n) is 10.3. The molecule has 1 unspecified atom stereocenters. The van der Waals surface area contributed by atoms with E-state index < -0.39 is 0 Å². The number of amides is 1. The topological polar surface area (TPSA) is 77.1 Å². The molecule has 1 amide bonds. The van der Waals surface area contributed by atoms with Crippen molar-refractivity contribution in [3.8, 4) is 0 Å². The minimum absolute atomic E-state index is 0.0119. The van der Waals surface area contributed by atoms with E-state index >= 15 is 0 Å². The van der Waals surface area contributed by atoms with Crippen molar-refractivity contribution in [1.82, 2.24) is 24.8 Å². The quantitative estimate of drug-likeness (QED) is 0.782. The Hall–Kier alpha value is -2.18. The van der Waals surface area contributed by atoms with Gasteiger partial charge >= 0.3 is 0 Å². The smallest absolute Gasteiger partial charge is 0.274 e. The molecule has 0 saturated carbocycles. The Morgan fingerprint density at radius 1 is 1.21 bits per heavy atom. The lowest BCUT2D eigenvalue weighted by molar-refractivity contribution is 0.0696. The lowest BCUT2D eigenvalue weighted by Gasteiger charge is -2.30. The fourth-order valence-corrected chi connectivity index (χ4v) is 3.63. The molecule has 1 aliphatic heterocycles. The molecule has 1 saturated heterocycles. The molecular formula is C21H33N5O2. The van der Waals surface area contributed by atoms with Gasteiger partial charge in [-0.2, -0.15) is 10.1 Å². The second kappa shape index (κ2) is 7.68. The van der Waals surface area contributed by atoms with Crippen molar-refractivity contribution in [2.24, 2.45) is 0 Å². The molecule has 1 atom stereocenters. The summed E-state index contributed by atoms with van der Waals surface area (Å²) in [5.74, 6) is 1.98. The highest BCUT2D eigenvalue weighted by Gasteiger charge is 2.31. The summed E-state index contributed by atoms with van der Waals surface area (Å²) in [6, 6.07) is 1.95. The van der Waals surface area contributed by atoms with Gasteiger partial charge in [0.1, 0.15) is 0 Å². The highest BCUT2D eigenvalue weighted by atomic mass is 16.5. The lowest BCUT2D eigenvalue weighted by atomic mass is 9.97. The summed E-state index contributed by atoms with van der Waals surface area (Å²) in [5, 5.41) is 8.84. The van der Waals surface area contributed by atoms with Crippen LogP contribution in [0.5, 0.6) is 0 Å². The van der Waals surface area contributed by atoms with E-state index in [9.17, 15) is 4.79 Å². The average Bonchev–Trinajstić information content (AvgIpc) is 3.28. The standard InChI is InChI=1S/C21H33N5O2/c1-13(2)17-11-16(23-26(17)21(5,6)7)20(27)25-10-8-9-15(12-25)18-22-19(14(3)4)28-24-18/h11,13-15H,8-10,12H2,1-7H3. The van der Waals surface area contributed by atoms with Gasteiger partial charge in [-0.15, -0.1) is 0 Å². The molecule has 154 valence electrons. The Balaban J connectivity index is 1.80. The number of rotatable bonds is 4. The molecule has 7 heteroatoms. The first-order chi connectivity index (χ1) is 13.1. The summed E-state index contributed by atoms with van der Waals surface area (Å²) < 4.78 is 7.35. The van der Waals surface area contributed by atoms with Gasteiger partial charge in [0.25, 0.3) is 5.91 Å². The summed E-state index contributed by atoms with van der Waals surface area (Å²) in [4.78, 5) is 19.6. The maximum Gasteiger partial charge on any atom is 0.274 e. The molecule has 0 radical (unpaired) electrons. The molecule has 0 aromatic carbocycles. The average molecular weight is 388 g/mol. The fourth-order valence-electron chi connectivity index (χ4n) is 3.63. The molecule has 3 rings (SSSR count). The van der Waals surface area contributed by atoms with Gasteiger partial charge < -0.3 is 9.42 Å². The van der Waals surface area contributed by atoms with Gasteiger partial charge in [-0.1, -0.05) is 32.9 Å². The zero-order valence-electron chi connectivity index (χ0n) is 18.2. The molecule has 0 aliphatic carbocycles. The Morgan fingerprint density at radius 2 is 1.93 bits per heavy atom. The van der Waals surface area contributed by atoms with Gasteiger partial charge in [0.05, 0.1) is 5.54 Å². The van der Waals surface area contributed by atoms with Gasteiger partial charge in [0, 0.05) is 30.6 Å². The minimum Gasteiger partial charge on any atom is -0.339 e. The minimum atomic E-state index is -0.166. The van der Waals surface area contributed by atoms with Crippen molar-refractivity contribution in [1.29, 1.82) is 0 Å². The maximum absolute atomic E-state index is 13.2. The van der Waals surface area contributed by atoms with Crippen LogP contribution < -0.4 is 0 Å². The molecule has 28 heavy (non-hydrogen) atoms. The van der Waals surface area contributed by atoms with Gasteiger partial charge in [0.2, 0.25) is 5.89 Å². The molecule has 3 heterocycles. The summed E-state index contributed by atoms with van der Waals surface area (Å²) in [7, 11) is 0. The van der Waals surface area contributed by atoms with Gasteiger partial charge in [-0.05, 0) is 45.6 Å². The summed E-state index contributed by atoms with van der Waals surface area (Å²) in [6.45, 7) is 16.0. The second-order valence-electron chi connectivity index (χ2n) is 9.43. The van der Waals surface area contributed by atoms with E-state index in [1.165, 1.54) is 0 Å². The van der Waals surface area contributed by atoms with Gasteiger partial charge in [-0.25, -0.2) is 0 Å². The summed E-state index contributed by atoms with van der Waals surface area (Å²) >= 11 is 0. The van der Waals surface area contributed by atoms with Crippen LogP contribution in [0.25, 0.3) is 0 Å². The van der Waals surface area contributed by atoms with Crippen molar-refractivity contribution < 1.29 is 9.32 Å². The van der Waals surface area contributed by atoms with E-state index in [1.807, 2.05) is 29.5 Å².